The van der Waals surface area contributed by atoms with Crippen LogP contribution in [0.1, 0.15) is 44.2 Å². The van der Waals surface area contributed by atoms with Crippen LogP contribution in [0.5, 0.6) is 0 Å². The van der Waals surface area contributed by atoms with Crippen LogP contribution >= 0.6 is 0 Å². The topological polar surface area (TPSA) is 140 Å². The second-order valence-corrected chi connectivity index (χ2v) is 16.4. The number of rotatable bonds is 8. The zero-order valence-corrected chi connectivity index (χ0v) is 25.6. The molecule has 11 heteroatoms. The van der Waals surface area contributed by atoms with E-state index >= 15 is 0 Å². The molecule has 3 amide bonds. The van der Waals surface area contributed by atoms with Crippen LogP contribution in [0.2, 0.25) is 18.6 Å². The van der Waals surface area contributed by atoms with Crippen LogP contribution in [0.4, 0.5) is 11.4 Å². The number of fused-ring (bicyclic) bond motifs is 2. The normalized spacial score (nSPS) is 27.9. The molecule has 0 unspecified atom stereocenters. The Kier molecular flexibility index (Phi) is 8.34. The van der Waals surface area contributed by atoms with Crippen molar-refractivity contribution >= 4 is 37.4 Å². The van der Waals surface area contributed by atoms with E-state index in [1.165, 1.54) is 6.92 Å². The number of para-hydroxylation sites is 1. The molecule has 0 radical (unpaired) electrons. The smallest absolute Gasteiger partial charge is 0.264 e. The van der Waals surface area contributed by atoms with Crippen molar-refractivity contribution < 1.29 is 34.1 Å². The summed E-state index contributed by atoms with van der Waals surface area (Å²) in [6.07, 6.45) is -0.144. The first kappa shape index (κ1) is 30.4. The summed E-state index contributed by atoms with van der Waals surface area (Å²) in [6, 6.07) is 14.4. The maximum atomic E-state index is 14.5. The van der Waals surface area contributed by atoms with Crippen LogP contribution in [0.25, 0.3) is 0 Å². The molecule has 5 rings (SSSR count). The van der Waals surface area contributed by atoms with Gasteiger partial charge in [0.05, 0.1) is 37.4 Å². The minimum absolute atomic E-state index is 0.0410. The Morgan fingerprint density at radius 2 is 1.86 bits per heavy atom. The highest BCUT2D eigenvalue weighted by molar-refractivity contribution is 6.71. The SMILES string of the molecule is C[C@H](O)C(=O)Nc1ccc(CN2C(=O)[C@]3(O[C@H](CC(=O)N4CCC[C@H]4CO)[C@@H]([Si](C)(C)O)[C@@H]3C)c3ccccc32)cc1. The fourth-order valence-electron chi connectivity index (χ4n) is 7.15. The Morgan fingerprint density at radius 3 is 2.50 bits per heavy atom. The third-order valence-corrected chi connectivity index (χ3v) is 11.6. The molecule has 0 aliphatic carbocycles. The molecule has 3 aliphatic rings. The summed E-state index contributed by atoms with van der Waals surface area (Å²) in [5.41, 5.74) is 1.12. The van der Waals surface area contributed by atoms with Crippen molar-refractivity contribution in [1.82, 2.24) is 4.90 Å². The number of amides is 3. The van der Waals surface area contributed by atoms with Crippen molar-refractivity contribution in [3.05, 3.63) is 59.7 Å². The minimum atomic E-state index is -2.92. The summed E-state index contributed by atoms with van der Waals surface area (Å²) in [7, 11) is -2.92. The van der Waals surface area contributed by atoms with Gasteiger partial charge in [0, 0.05) is 29.3 Å². The largest absolute Gasteiger partial charge is 0.432 e. The van der Waals surface area contributed by atoms with Crippen molar-refractivity contribution in [2.24, 2.45) is 5.92 Å². The Morgan fingerprint density at radius 1 is 1.17 bits per heavy atom. The van der Waals surface area contributed by atoms with Gasteiger partial charge in [0.25, 0.3) is 11.8 Å². The van der Waals surface area contributed by atoms with E-state index in [1.54, 1.807) is 21.9 Å². The third-order valence-electron chi connectivity index (χ3n) is 9.12. The zero-order valence-electron chi connectivity index (χ0n) is 24.6. The van der Waals surface area contributed by atoms with Gasteiger partial charge in [0.2, 0.25) is 5.91 Å². The van der Waals surface area contributed by atoms with Gasteiger partial charge in [-0.15, -0.1) is 0 Å². The molecule has 2 fully saturated rings. The predicted octanol–water partition coefficient (Wildman–Crippen LogP) is 2.72. The van der Waals surface area contributed by atoms with Gasteiger partial charge in [-0.25, -0.2) is 0 Å². The Hall–Kier alpha value is -3.09. The number of benzene rings is 2. The molecule has 1 spiro atoms. The van der Waals surface area contributed by atoms with E-state index in [1.807, 2.05) is 56.4 Å². The number of carbonyl (C=O) groups is 3. The lowest BCUT2D eigenvalue weighted by molar-refractivity contribution is -0.150. The van der Waals surface area contributed by atoms with Crippen LogP contribution in [0, 0.1) is 5.92 Å². The molecule has 0 bridgehead atoms. The molecule has 2 aromatic carbocycles. The molecule has 2 saturated heterocycles. The van der Waals surface area contributed by atoms with Crippen molar-refractivity contribution in [2.75, 3.05) is 23.4 Å². The van der Waals surface area contributed by atoms with Crippen LogP contribution in [-0.4, -0.2) is 77.3 Å². The molecule has 2 aromatic rings. The maximum Gasteiger partial charge on any atom is 0.264 e. The predicted molar refractivity (Wildman–Crippen MR) is 160 cm³/mol. The number of nitrogens with zero attached hydrogens (tertiary/aromatic N) is 2. The van der Waals surface area contributed by atoms with Crippen molar-refractivity contribution in [2.45, 2.75) is 82.1 Å². The zero-order chi connectivity index (χ0) is 30.4. The first-order chi connectivity index (χ1) is 19.9. The van der Waals surface area contributed by atoms with E-state index in [9.17, 15) is 29.4 Å². The number of aliphatic hydroxyl groups is 2. The van der Waals surface area contributed by atoms with Gasteiger partial charge in [0.15, 0.2) is 13.9 Å². The Labute approximate surface area is 247 Å². The van der Waals surface area contributed by atoms with Crippen LogP contribution in [-0.2, 0) is 31.3 Å². The number of likely N-dealkylation sites (tertiary alicyclic amines) is 1. The van der Waals surface area contributed by atoms with Gasteiger partial charge < -0.3 is 34.9 Å². The van der Waals surface area contributed by atoms with Gasteiger partial charge in [-0.1, -0.05) is 37.3 Å². The summed E-state index contributed by atoms with van der Waals surface area (Å²) in [4.78, 5) is 54.6. The number of hydrogen-bond donors (Lipinski definition) is 4. The number of anilines is 2. The number of hydrogen-bond acceptors (Lipinski definition) is 7. The van der Waals surface area contributed by atoms with Crippen molar-refractivity contribution in [3.8, 4) is 0 Å². The van der Waals surface area contributed by atoms with Crippen LogP contribution in [0.15, 0.2) is 48.5 Å². The molecule has 226 valence electrons. The number of ether oxygens (including phenoxy) is 1. The first-order valence-corrected chi connectivity index (χ1v) is 17.7. The Bertz CT molecular complexity index is 1340. The quantitative estimate of drug-likeness (QED) is 0.344. The van der Waals surface area contributed by atoms with Gasteiger partial charge in [-0.3, -0.25) is 14.4 Å². The molecule has 3 aliphatic heterocycles. The van der Waals surface area contributed by atoms with E-state index < -0.39 is 32.0 Å². The lowest BCUT2D eigenvalue weighted by Crippen LogP contribution is -2.46. The van der Waals surface area contributed by atoms with E-state index in [0.717, 1.165) is 29.7 Å². The monoisotopic (exact) mass is 595 g/mol. The average Bonchev–Trinajstić information content (AvgIpc) is 3.60. The minimum Gasteiger partial charge on any atom is -0.432 e. The first-order valence-electron chi connectivity index (χ1n) is 14.7. The molecule has 0 saturated carbocycles. The van der Waals surface area contributed by atoms with Crippen molar-refractivity contribution in [1.29, 1.82) is 0 Å². The standard InChI is InChI=1S/C31H41N3O7Si/c1-19-28(42(3,4)40)26(16-27(37)33-15-7-8-23(33)18-35)41-31(19)24-9-5-6-10-25(24)34(30(31)39)17-21-11-13-22(14-12-21)32-29(38)20(2)36/h5-6,9-14,19-20,23,26,28,35-36,40H,7-8,15-18H2,1-4H3,(H,32,38)/t19-,20-,23-,26+,28-,31+/m0/s1. The van der Waals surface area contributed by atoms with Gasteiger partial charge in [0.1, 0.15) is 6.10 Å². The Balaban J connectivity index is 1.44. The molecule has 6 atom stereocenters. The molecule has 4 N–H and O–H groups in total. The lowest BCUT2D eigenvalue weighted by Gasteiger charge is -2.32. The van der Waals surface area contributed by atoms with Gasteiger partial charge in [-0.05, 0) is 56.6 Å². The molecule has 0 aromatic heterocycles. The highest BCUT2D eigenvalue weighted by Crippen LogP contribution is 2.59. The third kappa shape index (κ3) is 5.28. The lowest BCUT2D eigenvalue weighted by atomic mass is 9.82. The maximum absolute atomic E-state index is 14.5. The van der Waals surface area contributed by atoms with Crippen LogP contribution < -0.4 is 10.2 Å². The fraction of sp³-hybridized carbons (Fsp3) is 0.516. The highest BCUT2D eigenvalue weighted by Gasteiger charge is 2.66. The van der Waals surface area contributed by atoms with Crippen LogP contribution in [0.3, 0.4) is 0 Å². The molecular formula is C31H41N3O7Si. The summed E-state index contributed by atoms with van der Waals surface area (Å²) < 4.78 is 6.75. The fourth-order valence-corrected chi connectivity index (χ4v) is 9.71. The second kappa shape index (κ2) is 11.5. The molecule has 42 heavy (non-hydrogen) atoms. The summed E-state index contributed by atoms with van der Waals surface area (Å²) >= 11 is 0. The van der Waals surface area contributed by atoms with Gasteiger partial charge >= 0.3 is 0 Å². The van der Waals surface area contributed by atoms with E-state index in [-0.39, 0.29) is 48.9 Å². The highest BCUT2D eigenvalue weighted by atomic mass is 28.4. The second-order valence-electron chi connectivity index (χ2n) is 12.4. The summed E-state index contributed by atoms with van der Waals surface area (Å²) in [6.45, 7) is 7.77. The van der Waals surface area contributed by atoms with E-state index in [4.69, 9.17) is 4.74 Å². The molecular weight excluding hydrogens is 554 g/mol. The van der Waals surface area contributed by atoms with Gasteiger partial charge in [-0.2, -0.15) is 0 Å². The summed E-state index contributed by atoms with van der Waals surface area (Å²) in [5.74, 6) is -1.24. The van der Waals surface area contributed by atoms with E-state index in [2.05, 4.69) is 5.32 Å². The number of carbonyl (C=O) groups excluding carboxylic acids is 3. The average molecular weight is 596 g/mol. The summed E-state index contributed by atoms with van der Waals surface area (Å²) in [5, 5.41) is 21.9. The molecule has 3 heterocycles. The molecule has 10 nitrogen and oxygen atoms in total. The van der Waals surface area contributed by atoms with E-state index in [0.29, 0.717) is 12.2 Å². The number of aliphatic hydroxyl groups excluding tert-OH is 2. The number of nitrogens with one attached hydrogen (secondary N) is 1. The van der Waals surface area contributed by atoms with Crippen molar-refractivity contribution in [3.63, 3.8) is 0 Å².